The molecule has 0 rings (SSSR count). The maximum atomic E-state index is 2.45. The molecule has 1 unspecified atom stereocenters. The molecule has 0 aliphatic rings. The molecular formula is C29H58. The smallest absolute Gasteiger partial charge is 0.0351 e. The van der Waals surface area contributed by atoms with Crippen molar-refractivity contribution in [3.63, 3.8) is 0 Å². The average Bonchev–Trinajstić information content (AvgIpc) is 2.71. The van der Waals surface area contributed by atoms with Crippen LogP contribution in [0.2, 0.25) is 0 Å². The molecule has 0 aliphatic carbocycles. The summed E-state index contributed by atoms with van der Waals surface area (Å²) in [5.74, 6) is 1.83. The second-order valence-electron chi connectivity index (χ2n) is 9.93. The van der Waals surface area contributed by atoms with Gasteiger partial charge in [0.1, 0.15) is 0 Å². The van der Waals surface area contributed by atoms with Crippen LogP contribution in [0.1, 0.15) is 163 Å². The maximum Gasteiger partial charge on any atom is -0.0351 e. The monoisotopic (exact) mass is 406 g/mol. The van der Waals surface area contributed by atoms with Crippen molar-refractivity contribution in [2.45, 2.75) is 163 Å². The largest absolute Gasteiger partial charge is 0.0885 e. The minimum atomic E-state index is 0.868. The molecule has 0 aromatic heterocycles. The quantitative estimate of drug-likeness (QED) is 0.117. The molecule has 0 amide bonds. The maximum absolute atomic E-state index is 2.45. The Labute approximate surface area is 186 Å². The van der Waals surface area contributed by atoms with Crippen LogP contribution in [0.5, 0.6) is 0 Å². The van der Waals surface area contributed by atoms with Crippen molar-refractivity contribution in [3.05, 3.63) is 12.2 Å². The highest BCUT2D eigenvalue weighted by atomic mass is 14.2. The van der Waals surface area contributed by atoms with Gasteiger partial charge in [0.15, 0.2) is 0 Å². The molecule has 0 radical (unpaired) electrons. The van der Waals surface area contributed by atoms with E-state index in [2.05, 4.69) is 39.8 Å². The molecular weight excluding hydrogens is 348 g/mol. The molecule has 1 atom stereocenters. The lowest BCUT2D eigenvalue weighted by atomic mass is 9.85. The van der Waals surface area contributed by atoms with E-state index >= 15 is 0 Å². The normalized spacial score (nSPS) is 13.0. The summed E-state index contributed by atoms with van der Waals surface area (Å²) in [7, 11) is 0. The van der Waals surface area contributed by atoms with Gasteiger partial charge in [-0.3, -0.25) is 0 Å². The van der Waals surface area contributed by atoms with Crippen molar-refractivity contribution < 1.29 is 0 Å². The Morgan fingerprint density at radius 1 is 0.448 bits per heavy atom. The van der Waals surface area contributed by atoms with Crippen LogP contribution in [-0.4, -0.2) is 0 Å². The van der Waals surface area contributed by atoms with E-state index in [0.717, 1.165) is 11.8 Å². The van der Waals surface area contributed by atoms with E-state index in [-0.39, 0.29) is 0 Å². The second kappa shape index (κ2) is 24.0. The molecule has 0 aromatic rings. The van der Waals surface area contributed by atoms with Gasteiger partial charge >= 0.3 is 0 Å². The molecule has 0 spiro atoms. The summed E-state index contributed by atoms with van der Waals surface area (Å²) in [4.78, 5) is 0. The van der Waals surface area contributed by atoms with Gasteiger partial charge in [0, 0.05) is 0 Å². The number of unbranched alkanes of at least 4 members (excludes halogenated alkanes) is 16. The lowest BCUT2D eigenvalue weighted by molar-refractivity contribution is 0.314. The minimum absolute atomic E-state index is 0.868. The van der Waals surface area contributed by atoms with Crippen LogP contribution in [0.15, 0.2) is 12.2 Å². The van der Waals surface area contributed by atoms with E-state index in [1.807, 2.05) is 0 Å². The van der Waals surface area contributed by atoms with Crippen LogP contribution in [0.4, 0.5) is 0 Å². The Hall–Kier alpha value is -0.260. The lowest BCUT2D eigenvalue weighted by Crippen LogP contribution is -2.08. The average molecular weight is 407 g/mol. The molecule has 0 bridgehead atoms. The van der Waals surface area contributed by atoms with Crippen LogP contribution in [0, 0.1) is 11.8 Å². The van der Waals surface area contributed by atoms with Crippen molar-refractivity contribution in [1.82, 2.24) is 0 Å². The Morgan fingerprint density at radius 2 is 0.793 bits per heavy atom. The summed E-state index contributed by atoms with van der Waals surface area (Å²) in [6, 6.07) is 0. The van der Waals surface area contributed by atoms with Gasteiger partial charge in [-0.25, -0.2) is 0 Å². The number of hydrogen-bond acceptors (Lipinski definition) is 0. The molecule has 0 nitrogen and oxygen atoms in total. The van der Waals surface area contributed by atoms with Gasteiger partial charge in [0.25, 0.3) is 0 Å². The van der Waals surface area contributed by atoms with Gasteiger partial charge in [0.2, 0.25) is 0 Å². The van der Waals surface area contributed by atoms with Crippen molar-refractivity contribution in [2.24, 2.45) is 11.8 Å². The van der Waals surface area contributed by atoms with Crippen LogP contribution < -0.4 is 0 Å². The topological polar surface area (TPSA) is 0 Å². The van der Waals surface area contributed by atoms with E-state index < -0.39 is 0 Å². The van der Waals surface area contributed by atoms with Crippen molar-refractivity contribution in [1.29, 1.82) is 0 Å². The molecule has 29 heavy (non-hydrogen) atoms. The van der Waals surface area contributed by atoms with Crippen LogP contribution in [-0.2, 0) is 0 Å². The first-order chi connectivity index (χ1) is 14.2. The molecule has 0 N–H and O–H groups in total. The van der Waals surface area contributed by atoms with Crippen LogP contribution >= 0.6 is 0 Å². The van der Waals surface area contributed by atoms with Crippen LogP contribution in [0.3, 0.4) is 0 Å². The van der Waals surface area contributed by atoms with Crippen molar-refractivity contribution in [3.8, 4) is 0 Å². The molecule has 0 fully saturated rings. The van der Waals surface area contributed by atoms with Gasteiger partial charge in [-0.15, -0.1) is 0 Å². The van der Waals surface area contributed by atoms with E-state index in [9.17, 15) is 0 Å². The molecule has 0 aliphatic heterocycles. The molecule has 0 heteroatoms. The number of hydrogen-bond donors (Lipinski definition) is 0. The van der Waals surface area contributed by atoms with Gasteiger partial charge in [-0.2, -0.15) is 0 Å². The summed E-state index contributed by atoms with van der Waals surface area (Å²) in [5.41, 5.74) is 0. The highest BCUT2D eigenvalue weighted by molar-refractivity contribution is 4.81. The Balaban J connectivity index is 3.51. The van der Waals surface area contributed by atoms with Crippen molar-refractivity contribution in [2.75, 3.05) is 0 Å². The summed E-state index contributed by atoms with van der Waals surface area (Å²) < 4.78 is 0. The van der Waals surface area contributed by atoms with Gasteiger partial charge in [0.05, 0.1) is 0 Å². The predicted octanol–water partition coefficient (Wildman–Crippen LogP) is 11.0. The van der Waals surface area contributed by atoms with E-state index in [1.165, 1.54) is 135 Å². The van der Waals surface area contributed by atoms with Gasteiger partial charge in [-0.05, 0) is 37.5 Å². The fourth-order valence-electron chi connectivity index (χ4n) is 4.48. The summed E-state index contributed by atoms with van der Waals surface area (Å²) in [6.45, 7) is 9.48. The third-order valence-electron chi connectivity index (χ3n) is 6.71. The minimum Gasteiger partial charge on any atom is -0.0885 e. The van der Waals surface area contributed by atoms with E-state index in [4.69, 9.17) is 0 Å². The summed E-state index contributed by atoms with van der Waals surface area (Å²) in [5, 5.41) is 0. The first-order valence-electron chi connectivity index (χ1n) is 13.9. The molecule has 0 saturated carbocycles. The third kappa shape index (κ3) is 22.3. The fourth-order valence-corrected chi connectivity index (χ4v) is 4.48. The fraction of sp³-hybridized carbons (Fsp3) is 0.931. The van der Waals surface area contributed by atoms with Gasteiger partial charge in [-0.1, -0.05) is 149 Å². The SMILES string of the molecule is CCCCCCC/C=C/CCCCC(CCCCCCCCCCCC)C(C)C. The second-order valence-corrected chi connectivity index (χ2v) is 9.93. The molecule has 0 aromatic carbocycles. The van der Waals surface area contributed by atoms with Gasteiger partial charge < -0.3 is 0 Å². The highest BCUT2D eigenvalue weighted by Crippen LogP contribution is 2.25. The zero-order chi connectivity index (χ0) is 21.4. The standard InChI is InChI=1S/C29H58/c1-5-7-9-11-13-15-17-19-21-23-25-27-29(28(3)4)26-24-22-20-18-16-14-12-10-8-6-2/h17,19,28-29H,5-16,18,20-27H2,1-4H3/b19-17+. The predicted molar refractivity (Wildman–Crippen MR) is 136 cm³/mol. The molecule has 174 valence electrons. The number of rotatable bonds is 23. The summed E-state index contributed by atoms with van der Waals surface area (Å²) >= 11 is 0. The Morgan fingerprint density at radius 3 is 1.24 bits per heavy atom. The Bertz CT molecular complexity index is 314. The van der Waals surface area contributed by atoms with E-state index in [1.54, 1.807) is 0 Å². The summed E-state index contributed by atoms with van der Waals surface area (Å²) in [6.07, 6.45) is 34.8. The van der Waals surface area contributed by atoms with E-state index in [0.29, 0.717) is 0 Å². The zero-order valence-corrected chi connectivity index (χ0v) is 21.2. The third-order valence-corrected chi connectivity index (χ3v) is 6.71. The van der Waals surface area contributed by atoms with Crippen molar-refractivity contribution >= 4 is 0 Å². The lowest BCUT2D eigenvalue weighted by Gasteiger charge is -2.20. The molecule has 0 heterocycles. The first-order valence-corrected chi connectivity index (χ1v) is 13.9. The zero-order valence-electron chi connectivity index (χ0n) is 21.2. The van der Waals surface area contributed by atoms with Crippen LogP contribution in [0.25, 0.3) is 0 Å². The Kier molecular flexibility index (Phi) is 23.8. The first kappa shape index (κ1) is 28.7. The number of allylic oxidation sites excluding steroid dienone is 2. The molecule has 0 saturated heterocycles. The highest BCUT2D eigenvalue weighted by Gasteiger charge is 2.12.